The van der Waals surface area contributed by atoms with E-state index in [0.717, 1.165) is 17.8 Å². The lowest BCUT2D eigenvalue weighted by Gasteiger charge is -2.09. The van der Waals surface area contributed by atoms with Gasteiger partial charge in [-0.05, 0) is 12.1 Å². The van der Waals surface area contributed by atoms with Crippen LogP contribution in [0, 0.1) is 0 Å². The van der Waals surface area contributed by atoms with E-state index in [0.29, 0.717) is 4.99 Å². The average Bonchev–Trinajstić information content (AvgIpc) is 2.79. The Hall–Kier alpha value is -1.46. The molecule has 0 radical (unpaired) electrons. The standard InChI is InChI=1S/C11H11N3S2/c12-11(15)9-3-1-2-4-10(9)14-6-8-5-13-7-16-8/h1-5,7,14H,6H2,(H2,12,15). The number of nitrogens with two attached hydrogens (primary N) is 1. The second kappa shape index (κ2) is 5.05. The first-order valence-corrected chi connectivity index (χ1v) is 6.06. The second-order valence-corrected chi connectivity index (χ2v) is 4.64. The second-order valence-electron chi connectivity index (χ2n) is 3.23. The number of anilines is 1. The highest BCUT2D eigenvalue weighted by atomic mass is 32.1. The van der Waals surface area contributed by atoms with E-state index in [2.05, 4.69) is 10.3 Å². The van der Waals surface area contributed by atoms with Crippen LogP contribution in [0.2, 0.25) is 0 Å². The number of hydrogen-bond donors (Lipinski definition) is 2. The summed E-state index contributed by atoms with van der Waals surface area (Å²) in [6.07, 6.45) is 1.85. The van der Waals surface area contributed by atoms with Gasteiger partial charge >= 0.3 is 0 Å². The van der Waals surface area contributed by atoms with Crippen LogP contribution in [0.25, 0.3) is 0 Å². The molecule has 0 atom stereocenters. The number of rotatable bonds is 4. The molecule has 3 nitrogen and oxygen atoms in total. The Morgan fingerprint density at radius 3 is 2.94 bits per heavy atom. The molecular formula is C11H11N3S2. The smallest absolute Gasteiger partial charge is 0.106 e. The molecule has 0 spiro atoms. The summed E-state index contributed by atoms with van der Waals surface area (Å²) in [5.41, 5.74) is 9.30. The van der Waals surface area contributed by atoms with E-state index in [1.807, 2.05) is 36.0 Å². The summed E-state index contributed by atoms with van der Waals surface area (Å²) in [7, 11) is 0. The van der Waals surface area contributed by atoms with Crippen LogP contribution in [-0.2, 0) is 6.54 Å². The Balaban J connectivity index is 2.12. The Morgan fingerprint density at radius 1 is 1.44 bits per heavy atom. The number of aromatic nitrogens is 1. The number of hydrogen-bond acceptors (Lipinski definition) is 4. The van der Waals surface area contributed by atoms with Crippen LogP contribution < -0.4 is 11.1 Å². The molecule has 0 amide bonds. The Labute approximate surface area is 103 Å². The largest absolute Gasteiger partial charge is 0.389 e. The van der Waals surface area contributed by atoms with Crippen molar-refractivity contribution in [3.05, 3.63) is 46.4 Å². The highest BCUT2D eigenvalue weighted by Gasteiger charge is 2.03. The molecule has 0 bridgehead atoms. The molecule has 16 heavy (non-hydrogen) atoms. The fourth-order valence-corrected chi connectivity index (χ4v) is 2.08. The van der Waals surface area contributed by atoms with Crippen LogP contribution in [-0.4, -0.2) is 9.97 Å². The molecule has 0 aliphatic rings. The SMILES string of the molecule is NC(=S)c1ccccc1NCc1cncs1. The summed E-state index contributed by atoms with van der Waals surface area (Å²) >= 11 is 6.61. The Bertz CT molecular complexity index is 480. The number of thiazole rings is 1. The molecule has 1 aromatic carbocycles. The normalized spacial score (nSPS) is 10.0. The minimum atomic E-state index is 0.410. The van der Waals surface area contributed by atoms with E-state index >= 15 is 0 Å². The van der Waals surface area contributed by atoms with Crippen LogP contribution in [0.4, 0.5) is 5.69 Å². The van der Waals surface area contributed by atoms with Gasteiger partial charge in [-0.2, -0.15) is 0 Å². The van der Waals surface area contributed by atoms with Gasteiger partial charge in [-0.1, -0.05) is 24.4 Å². The molecule has 1 heterocycles. The van der Waals surface area contributed by atoms with Gasteiger partial charge < -0.3 is 11.1 Å². The van der Waals surface area contributed by atoms with E-state index in [1.165, 1.54) is 4.88 Å². The summed E-state index contributed by atoms with van der Waals surface area (Å²) in [4.78, 5) is 5.61. The number of benzene rings is 1. The van der Waals surface area contributed by atoms with Gasteiger partial charge in [-0.25, -0.2) is 0 Å². The number of nitrogens with zero attached hydrogens (tertiary/aromatic N) is 1. The van der Waals surface area contributed by atoms with Gasteiger partial charge in [0.15, 0.2) is 0 Å². The Morgan fingerprint density at radius 2 is 2.25 bits per heavy atom. The molecule has 5 heteroatoms. The lowest BCUT2D eigenvalue weighted by atomic mass is 10.2. The van der Waals surface area contributed by atoms with Crippen molar-refractivity contribution in [3.8, 4) is 0 Å². The van der Waals surface area contributed by atoms with Crippen LogP contribution in [0.1, 0.15) is 10.4 Å². The summed E-state index contributed by atoms with van der Waals surface area (Å²) in [5, 5.41) is 3.30. The van der Waals surface area contributed by atoms with E-state index in [4.69, 9.17) is 18.0 Å². The van der Waals surface area contributed by atoms with Crippen LogP contribution in [0.5, 0.6) is 0 Å². The minimum Gasteiger partial charge on any atom is -0.389 e. The van der Waals surface area contributed by atoms with E-state index in [9.17, 15) is 0 Å². The predicted molar refractivity (Wildman–Crippen MR) is 71.8 cm³/mol. The predicted octanol–water partition coefficient (Wildman–Crippen LogP) is 2.39. The lowest BCUT2D eigenvalue weighted by molar-refractivity contribution is 1.17. The van der Waals surface area contributed by atoms with Crippen molar-refractivity contribution in [1.82, 2.24) is 4.98 Å². The van der Waals surface area contributed by atoms with Crippen molar-refractivity contribution >= 4 is 34.2 Å². The van der Waals surface area contributed by atoms with Gasteiger partial charge in [0.25, 0.3) is 0 Å². The maximum Gasteiger partial charge on any atom is 0.106 e. The van der Waals surface area contributed by atoms with Gasteiger partial charge in [0.05, 0.1) is 12.1 Å². The summed E-state index contributed by atoms with van der Waals surface area (Å²) < 4.78 is 0. The van der Waals surface area contributed by atoms with E-state index < -0.39 is 0 Å². The molecule has 1 aromatic heterocycles. The van der Waals surface area contributed by atoms with Gasteiger partial charge in [0.1, 0.15) is 4.99 Å². The molecular weight excluding hydrogens is 238 g/mol. The molecule has 82 valence electrons. The summed E-state index contributed by atoms with van der Waals surface area (Å²) in [6.45, 7) is 0.740. The van der Waals surface area contributed by atoms with Crippen molar-refractivity contribution < 1.29 is 0 Å². The maximum atomic E-state index is 5.65. The van der Waals surface area contributed by atoms with Gasteiger partial charge in [0, 0.05) is 22.3 Å². The molecule has 0 saturated carbocycles. The fourth-order valence-electron chi connectivity index (χ4n) is 1.36. The quantitative estimate of drug-likeness (QED) is 0.817. The lowest BCUT2D eigenvalue weighted by Crippen LogP contribution is -2.12. The fraction of sp³-hybridized carbons (Fsp3) is 0.0909. The van der Waals surface area contributed by atoms with Crippen LogP contribution >= 0.6 is 23.6 Å². The Kier molecular flexibility index (Phi) is 3.48. The first-order valence-electron chi connectivity index (χ1n) is 4.77. The summed E-state index contributed by atoms with van der Waals surface area (Å²) in [6, 6.07) is 7.76. The molecule has 0 fully saturated rings. The molecule has 0 aliphatic heterocycles. The third-order valence-electron chi connectivity index (χ3n) is 2.13. The maximum absolute atomic E-state index is 5.65. The van der Waals surface area contributed by atoms with E-state index in [1.54, 1.807) is 11.3 Å². The highest BCUT2D eigenvalue weighted by Crippen LogP contribution is 2.16. The van der Waals surface area contributed by atoms with Crippen molar-refractivity contribution in [1.29, 1.82) is 0 Å². The van der Waals surface area contributed by atoms with Gasteiger partial charge in [0.2, 0.25) is 0 Å². The monoisotopic (exact) mass is 249 g/mol. The molecule has 2 aromatic rings. The highest BCUT2D eigenvalue weighted by molar-refractivity contribution is 7.80. The van der Waals surface area contributed by atoms with Crippen molar-refractivity contribution in [2.24, 2.45) is 5.73 Å². The van der Waals surface area contributed by atoms with Gasteiger partial charge in [-0.3, -0.25) is 4.98 Å². The third-order valence-corrected chi connectivity index (χ3v) is 3.13. The molecule has 2 rings (SSSR count). The zero-order valence-corrected chi connectivity index (χ0v) is 10.1. The van der Waals surface area contributed by atoms with Gasteiger partial charge in [-0.15, -0.1) is 11.3 Å². The number of para-hydroxylation sites is 1. The number of thiocarbonyl (C=S) groups is 1. The zero-order chi connectivity index (χ0) is 11.4. The topological polar surface area (TPSA) is 50.9 Å². The summed E-state index contributed by atoms with van der Waals surface area (Å²) in [5.74, 6) is 0. The third kappa shape index (κ3) is 2.56. The van der Waals surface area contributed by atoms with Crippen LogP contribution in [0.15, 0.2) is 36.0 Å². The van der Waals surface area contributed by atoms with E-state index in [-0.39, 0.29) is 0 Å². The minimum absolute atomic E-state index is 0.410. The first-order chi connectivity index (χ1) is 7.77. The average molecular weight is 249 g/mol. The molecule has 0 saturated heterocycles. The molecule has 0 aliphatic carbocycles. The zero-order valence-electron chi connectivity index (χ0n) is 8.51. The first kappa shape index (κ1) is 11.0. The molecule has 3 N–H and O–H groups in total. The van der Waals surface area contributed by atoms with Crippen LogP contribution in [0.3, 0.4) is 0 Å². The molecule has 0 unspecified atom stereocenters. The van der Waals surface area contributed by atoms with Crippen molar-refractivity contribution in [3.63, 3.8) is 0 Å². The van der Waals surface area contributed by atoms with Crippen molar-refractivity contribution in [2.45, 2.75) is 6.54 Å². The van der Waals surface area contributed by atoms with Crippen molar-refractivity contribution in [2.75, 3.05) is 5.32 Å². The number of nitrogens with one attached hydrogen (secondary N) is 1.